The number of piperidine rings is 1. The highest BCUT2D eigenvalue weighted by atomic mass is 32.2. The lowest BCUT2D eigenvalue weighted by molar-refractivity contribution is -0.121. The zero-order valence-corrected chi connectivity index (χ0v) is 20.8. The van der Waals surface area contributed by atoms with Gasteiger partial charge < -0.3 is 15.0 Å². The lowest BCUT2D eigenvalue weighted by Gasteiger charge is -2.30. The third-order valence-corrected chi connectivity index (χ3v) is 8.43. The van der Waals surface area contributed by atoms with Crippen LogP contribution in [-0.2, 0) is 21.4 Å². The maximum Gasteiger partial charge on any atom is 0.265 e. The summed E-state index contributed by atoms with van der Waals surface area (Å²) in [5, 5.41) is 2.77. The number of benzene rings is 3. The fourth-order valence-corrected chi connectivity index (χ4v) is 6.00. The van der Waals surface area contributed by atoms with Crippen molar-refractivity contribution in [1.82, 2.24) is 4.31 Å². The summed E-state index contributed by atoms with van der Waals surface area (Å²) in [6.45, 7) is 0.859. The standard InChI is InChI=1S/C27H26FN3O5S/c28-23-7-3-2-6-20(23)17-31-24-16-21(10-13-25(24)36-18-26(31)32)29-27(33)19-8-11-22(12-9-19)37(34,35)30-14-4-1-5-15-30/h2-3,6-13,16H,1,4-5,14-15,17-18H2,(H,29,33). The van der Waals surface area contributed by atoms with Gasteiger partial charge in [0, 0.05) is 29.9 Å². The van der Waals surface area contributed by atoms with E-state index in [1.807, 2.05) is 0 Å². The molecule has 10 heteroatoms. The van der Waals surface area contributed by atoms with E-state index in [1.165, 1.54) is 39.5 Å². The fourth-order valence-electron chi connectivity index (χ4n) is 4.49. The number of carbonyl (C=O) groups excluding carboxylic acids is 2. The molecule has 0 aromatic heterocycles. The molecule has 0 aliphatic carbocycles. The average molecular weight is 524 g/mol. The summed E-state index contributed by atoms with van der Waals surface area (Å²) < 4.78 is 47.0. The number of fused-ring (bicyclic) bond motifs is 1. The molecule has 2 heterocycles. The molecule has 8 nitrogen and oxygen atoms in total. The van der Waals surface area contributed by atoms with Gasteiger partial charge in [0.2, 0.25) is 10.0 Å². The van der Waals surface area contributed by atoms with E-state index in [9.17, 15) is 22.4 Å². The van der Waals surface area contributed by atoms with Crippen LogP contribution in [0.5, 0.6) is 5.75 Å². The van der Waals surface area contributed by atoms with Gasteiger partial charge in [0.1, 0.15) is 11.6 Å². The minimum atomic E-state index is -3.59. The third kappa shape index (κ3) is 5.21. The molecule has 1 saturated heterocycles. The Morgan fingerprint density at radius 1 is 0.973 bits per heavy atom. The van der Waals surface area contributed by atoms with Crippen LogP contribution in [0.1, 0.15) is 35.2 Å². The van der Waals surface area contributed by atoms with E-state index in [2.05, 4.69) is 5.32 Å². The predicted octanol–water partition coefficient (Wildman–Crippen LogP) is 4.18. The predicted molar refractivity (Wildman–Crippen MR) is 137 cm³/mol. The first-order valence-corrected chi connectivity index (χ1v) is 13.5. The van der Waals surface area contributed by atoms with Crippen molar-refractivity contribution in [2.75, 3.05) is 29.9 Å². The highest BCUT2D eigenvalue weighted by Crippen LogP contribution is 2.36. The Labute approximate surface area is 214 Å². The van der Waals surface area contributed by atoms with Gasteiger partial charge in [-0.2, -0.15) is 4.31 Å². The Morgan fingerprint density at radius 2 is 1.70 bits per heavy atom. The summed E-state index contributed by atoms with van der Waals surface area (Å²) in [5.41, 5.74) is 1.47. The Morgan fingerprint density at radius 3 is 2.43 bits per heavy atom. The fraction of sp³-hybridized carbons (Fsp3) is 0.259. The van der Waals surface area contributed by atoms with Crippen LogP contribution in [0.4, 0.5) is 15.8 Å². The second kappa shape index (κ2) is 10.3. The molecule has 1 fully saturated rings. The van der Waals surface area contributed by atoms with Crippen LogP contribution in [0, 0.1) is 5.82 Å². The second-order valence-corrected chi connectivity index (χ2v) is 10.9. The van der Waals surface area contributed by atoms with Gasteiger partial charge in [-0.15, -0.1) is 0 Å². The first-order valence-electron chi connectivity index (χ1n) is 12.0. The molecule has 192 valence electrons. The number of hydrogen-bond acceptors (Lipinski definition) is 5. The lowest BCUT2D eigenvalue weighted by Crippen LogP contribution is -2.38. The SMILES string of the molecule is O=C(Nc1ccc2c(c1)N(Cc1ccccc1F)C(=O)CO2)c1ccc(S(=O)(=O)N2CCCCC2)cc1. The molecule has 37 heavy (non-hydrogen) atoms. The molecule has 0 spiro atoms. The van der Waals surface area contributed by atoms with Gasteiger partial charge in [-0.1, -0.05) is 24.6 Å². The summed E-state index contributed by atoms with van der Waals surface area (Å²) in [7, 11) is -3.59. The molecule has 0 bridgehead atoms. The van der Waals surface area contributed by atoms with Crippen molar-refractivity contribution in [2.45, 2.75) is 30.7 Å². The molecule has 3 aromatic rings. The quantitative estimate of drug-likeness (QED) is 0.523. The molecule has 3 aromatic carbocycles. The number of rotatable bonds is 6. The van der Waals surface area contributed by atoms with Crippen LogP contribution in [0.3, 0.4) is 0 Å². The minimum Gasteiger partial charge on any atom is -0.482 e. The maximum atomic E-state index is 14.2. The third-order valence-electron chi connectivity index (χ3n) is 6.52. The molecule has 0 radical (unpaired) electrons. The van der Waals surface area contributed by atoms with Crippen LogP contribution >= 0.6 is 0 Å². The minimum absolute atomic E-state index is 0.0201. The van der Waals surface area contributed by atoms with Crippen molar-refractivity contribution in [2.24, 2.45) is 0 Å². The number of hydrogen-bond donors (Lipinski definition) is 1. The molecule has 2 aliphatic rings. The van der Waals surface area contributed by atoms with Crippen LogP contribution < -0.4 is 15.0 Å². The van der Waals surface area contributed by atoms with Crippen molar-refractivity contribution in [1.29, 1.82) is 0 Å². The Hall–Kier alpha value is -3.76. The van der Waals surface area contributed by atoms with E-state index in [0.717, 1.165) is 19.3 Å². The van der Waals surface area contributed by atoms with Crippen molar-refractivity contribution < 1.29 is 27.1 Å². The molecule has 2 aliphatic heterocycles. The molecule has 0 atom stereocenters. The number of carbonyl (C=O) groups is 2. The van der Waals surface area contributed by atoms with Gasteiger partial charge in [0.25, 0.3) is 11.8 Å². The van der Waals surface area contributed by atoms with Gasteiger partial charge >= 0.3 is 0 Å². The van der Waals surface area contributed by atoms with Gasteiger partial charge in [-0.05, 0) is 61.4 Å². The topological polar surface area (TPSA) is 96.0 Å². The van der Waals surface area contributed by atoms with E-state index in [1.54, 1.807) is 36.4 Å². The van der Waals surface area contributed by atoms with Gasteiger partial charge in [-0.3, -0.25) is 9.59 Å². The number of anilines is 2. The van der Waals surface area contributed by atoms with E-state index in [-0.39, 0.29) is 29.5 Å². The van der Waals surface area contributed by atoms with E-state index in [4.69, 9.17) is 4.74 Å². The summed E-state index contributed by atoms with van der Waals surface area (Å²) >= 11 is 0. The highest BCUT2D eigenvalue weighted by molar-refractivity contribution is 7.89. The van der Waals surface area contributed by atoms with Crippen LogP contribution in [0.25, 0.3) is 0 Å². The normalized spacial score (nSPS) is 16.1. The van der Waals surface area contributed by atoms with Crippen molar-refractivity contribution >= 4 is 33.2 Å². The van der Waals surface area contributed by atoms with Crippen molar-refractivity contribution in [3.05, 3.63) is 83.7 Å². The molecule has 1 N–H and O–H groups in total. The van der Waals surface area contributed by atoms with Gasteiger partial charge in [-0.25, -0.2) is 12.8 Å². The molecule has 0 unspecified atom stereocenters. The first-order chi connectivity index (χ1) is 17.8. The van der Waals surface area contributed by atoms with Gasteiger partial charge in [0.15, 0.2) is 6.61 Å². The number of amides is 2. The zero-order valence-electron chi connectivity index (χ0n) is 20.0. The smallest absolute Gasteiger partial charge is 0.265 e. The number of ether oxygens (including phenoxy) is 1. The molecule has 0 saturated carbocycles. The molecule has 2 amide bonds. The number of halogens is 1. The molecular weight excluding hydrogens is 497 g/mol. The van der Waals surface area contributed by atoms with Crippen molar-refractivity contribution in [3.8, 4) is 5.75 Å². The van der Waals surface area contributed by atoms with Crippen molar-refractivity contribution in [3.63, 3.8) is 0 Å². The number of nitrogens with one attached hydrogen (secondary N) is 1. The van der Waals surface area contributed by atoms with Crippen LogP contribution in [0.15, 0.2) is 71.6 Å². The molecule has 5 rings (SSSR count). The number of nitrogens with zero attached hydrogens (tertiary/aromatic N) is 2. The first kappa shape index (κ1) is 24.9. The Bertz CT molecular complexity index is 1440. The highest BCUT2D eigenvalue weighted by Gasteiger charge is 2.28. The Balaban J connectivity index is 1.33. The Kier molecular flexibility index (Phi) is 6.94. The van der Waals surface area contributed by atoms with E-state index >= 15 is 0 Å². The van der Waals surface area contributed by atoms with E-state index < -0.39 is 21.7 Å². The summed E-state index contributed by atoms with van der Waals surface area (Å²) in [5.74, 6) is -0.741. The average Bonchev–Trinajstić information content (AvgIpc) is 2.92. The lowest BCUT2D eigenvalue weighted by atomic mass is 10.1. The summed E-state index contributed by atoms with van der Waals surface area (Å²) in [6.07, 6.45) is 2.71. The van der Waals surface area contributed by atoms with E-state index in [0.29, 0.717) is 35.8 Å². The van der Waals surface area contributed by atoms with Gasteiger partial charge in [0.05, 0.1) is 17.1 Å². The monoisotopic (exact) mass is 523 g/mol. The summed E-state index contributed by atoms with van der Waals surface area (Å²) in [4.78, 5) is 27.1. The zero-order chi connectivity index (χ0) is 26.0. The number of sulfonamides is 1. The van der Waals surface area contributed by atoms with Crippen LogP contribution in [-0.4, -0.2) is 44.2 Å². The maximum absolute atomic E-state index is 14.2. The molecular formula is C27H26FN3O5S. The summed E-state index contributed by atoms with van der Waals surface area (Å²) in [6, 6.07) is 16.9. The van der Waals surface area contributed by atoms with Crippen LogP contribution in [0.2, 0.25) is 0 Å². The largest absolute Gasteiger partial charge is 0.482 e. The second-order valence-electron chi connectivity index (χ2n) is 8.99.